The van der Waals surface area contributed by atoms with Crippen LogP contribution in [-0.4, -0.2) is 30.3 Å². The van der Waals surface area contributed by atoms with Crippen molar-refractivity contribution in [2.45, 2.75) is 32.9 Å². The van der Waals surface area contributed by atoms with Crippen molar-refractivity contribution in [2.24, 2.45) is 5.41 Å². The van der Waals surface area contributed by atoms with Crippen LogP contribution in [0.2, 0.25) is 0 Å². The molecule has 3 nitrogen and oxygen atoms in total. The van der Waals surface area contributed by atoms with Crippen molar-refractivity contribution >= 4 is 5.91 Å². The van der Waals surface area contributed by atoms with Gasteiger partial charge in [0.1, 0.15) is 0 Å². The second-order valence-electron chi connectivity index (χ2n) is 3.55. The van der Waals surface area contributed by atoms with Crippen molar-refractivity contribution in [3.63, 3.8) is 0 Å². The molecule has 0 saturated carbocycles. The van der Waals surface area contributed by atoms with Crippen LogP contribution in [0.3, 0.4) is 0 Å². The monoisotopic (exact) mass is 227 g/mol. The van der Waals surface area contributed by atoms with E-state index in [0.29, 0.717) is 12.8 Å². The molecule has 0 radical (unpaired) electrons. The fraction of sp³-hybridized carbons (Fsp3) is 0.889. The number of hydrogen-bond donors (Lipinski definition) is 2. The van der Waals surface area contributed by atoms with E-state index in [-0.39, 0.29) is 13.2 Å². The van der Waals surface area contributed by atoms with Crippen LogP contribution in [0.5, 0.6) is 0 Å². The summed E-state index contributed by atoms with van der Waals surface area (Å²) in [6.45, 7) is 3.13. The van der Waals surface area contributed by atoms with E-state index >= 15 is 0 Å². The second kappa shape index (κ2) is 5.34. The van der Waals surface area contributed by atoms with Crippen LogP contribution in [0.1, 0.15) is 26.7 Å². The standard InChI is InChI=1S/C9H16F3NO2/c1-3-8(4-2,6-14)5-13-7(15)9(10,11)12/h14H,3-6H2,1-2H3,(H,13,15). The summed E-state index contributed by atoms with van der Waals surface area (Å²) in [6, 6.07) is 0. The average Bonchev–Trinajstić information content (AvgIpc) is 2.19. The number of hydrogen-bond acceptors (Lipinski definition) is 2. The zero-order valence-electron chi connectivity index (χ0n) is 8.82. The number of halogens is 3. The molecule has 0 aromatic rings. The first-order valence-electron chi connectivity index (χ1n) is 4.77. The van der Waals surface area contributed by atoms with Crippen LogP contribution in [0.15, 0.2) is 0 Å². The highest BCUT2D eigenvalue weighted by Gasteiger charge is 2.39. The Balaban J connectivity index is 4.29. The zero-order chi connectivity index (χ0) is 12.1. The Hall–Kier alpha value is -0.780. The quantitative estimate of drug-likeness (QED) is 0.747. The van der Waals surface area contributed by atoms with E-state index in [4.69, 9.17) is 5.11 Å². The Labute approximate surface area is 86.7 Å². The Morgan fingerprint density at radius 1 is 1.27 bits per heavy atom. The average molecular weight is 227 g/mol. The molecule has 90 valence electrons. The summed E-state index contributed by atoms with van der Waals surface area (Å²) in [5.74, 6) is -1.96. The molecule has 0 fully saturated rings. The van der Waals surface area contributed by atoms with Gasteiger partial charge in [0.15, 0.2) is 0 Å². The van der Waals surface area contributed by atoms with Gasteiger partial charge < -0.3 is 10.4 Å². The number of aliphatic hydroxyl groups excluding tert-OH is 1. The molecule has 0 aliphatic heterocycles. The molecule has 0 aromatic heterocycles. The Bertz CT molecular complexity index is 204. The lowest BCUT2D eigenvalue weighted by atomic mass is 9.83. The van der Waals surface area contributed by atoms with E-state index in [1.807, 2.05) is 0 Å². The maximum atomic E-state index is 11.9. The first kappa shape index (κ1) is 14.2. The molecule has 0 atom stereocenters. The van der Waals surface area contributed by atoms with Crippen molar-refractivity contribution < 1.29 is 23.1 Å². The molecule has 2 N–H and O–H groups in total. The van der Waals surface area contributed by atoms with Gasteiger partial charge in [-0.15, -0.1) is 0 Å². The summed E-state index contributed by atoms with van der Waals surface area (Å²) in [5, 5.41) is 10.9. The topological polar surface area (TPSA) is 49.3 Å². The summed E-state index contributed by atoms with van der Waals surface area (Å²) in [5.41, 5.74) is -0.652. The van der Waals surface area contributed by atoms with Crippen molar-refractivity contribution in [3.8, 4) is 0 Å². The van der Waals surface area contributed by atoms with E-state index in [9.17, 15) is 18.0 Å². The number of carbonyl (C=O) groups excluding carboxylic acids is 1. The largest absolute Gasteiger partial charge is 0.471 e. The van der Waals surface area contributed by atoms with Gasteiger partial charge in [0, 0.05) is 12.0 Å². The molecule has 0 aliphatic rings. The van der Waals surface area contributed by atoms with Crippen LogP contribution in [0.4, 0.5) is 13.2 Å². The lowest BCUT2D eigenvalue weighted by Gasteiger charge is -2.29. The van der Waals surface area contributed by atoms with Crippen molar-refractivity contribution in [1.29, 1.82) is 0 Å². The molecular weight excluding hydrogens is 211 g/mol. The summed E-state index contributed by atoms with van der Waals surface area (Å²) < 4.78 is 35.6. The third kappa shape index (κ3) is 4.07. The highest BCUT2D eigenvalue weighted by molar-refractivity contribution is 5.81. The summed E-state index contributed by atoms with van der Waals surface area (Å²) in [4.78, 5) is 10.5. The number of alkyl halides is 3. The molecule has 1 amide bonds. The van der Waals surface area contributed by atoms with E-state index in [2.05, 4.69) is 0 Å². The summed E-state index contributed by atoms with van der Waals surface area (Å²) in [6.07, 6.45) is -3.83. The maximum absolute atomic E-state index is 11.9. The molecule has 0 bridgehead atoms. The molecule has 0 unspecified atom stereocenters. The number of rotatable bonds is 5. The Kier molecular flexibility index (Phi) is 5.07. The van der Waals surface area contributed by atoms with Gasteiger partial charge in [0.25, 0.3) is 0 Å². The van der Waals surface area contributed by atoms with Crippen LogP contribution >= 0.6 is 0 Å². The number of nitrogens with one attached hydrogen (secondary N) is 1. The molecule has 0 aromatic carbocycles. The van der Waals surface area contributed by atoms with E-state index < -0.39 is 17.5 Å². The van der Waals surface area contributed by atoms with Gasteiger partial charge in [-0.05, 0) is 12.8 Å². The predicted octanol–water partition coefficient (Wildman–Crippen LogP) is 1.46. The lowest BCUT2D eigenvalue weighted by Crippen LogP contribution is -2.44. The van der Waals surface area contributed by atoms with E-state index in [1.54, 1.807) is 19.2 Å². The van der Waals surface area contributed by atoms with Crippen LogP contribution in [0.25, 0.3) is 0 Å². The minimum atomic E-state index is -4.86. The third-order valence-electron chi connectivity index (χ3n) is 2.72. The second-order valence-corrected chi connectivity index (χ2v) is 3.55. The van der Waals surface area contributed by atoms with E-state index in [0.717, 1.165) is 0 Å². The number of carbonyl (C=O) groups is 1. The smallest absolute Gasteiger partial charge is 0.396 e. The molecular formula is C9H16F3NO2. The van der Waals surface area contributed by atoms with Crippen LogP contribution in [0, 0.1) is 5.41 Å². The summed E-state index contributed by atoms with van der Waals surface area (Å²) in [7, 11) is 0. The fourth-order valence-electron chi connectivity index (χ4n) is 1.15. The normalized spacial score (nSPS) is 12.7. The van der Waals surface area contributed by atoms with Crippen LogP contribution < -0.4 is 5.32 Å². The number of amides is 1. The molecule has 0 spiro atoms. The Morgan fingerprint density at radius 2 is 1.73 bits per heavy atom. The zero-order valence-corrected chi connectivity index (χ0v) is 8.82. The minimum Gasteiger partial charge on any atom is -0.396 e. The first-order valence-corrected chi connectivity index (χ1v) is 4.77. The third-order valence-corrected chi connectivity index (χ3v) is 2.72. The molecule has 6 heteroatoms. The highest BCUT2D eigenvalue weighted by atomic mass is 19.4. The van der Waals surface area contributed by atoms with Crippen molar-refractivity contribution in [1.82, 2.24) is 5.32 Å². The number of aliphatic hydroxyl groups is 1. The fourth-order valence-corrected chi connectivity index (χ4v) is 1.15. The molecule has 0 rings (SSSR count). The first-order chi connectivity index (χ1) is 6.81. The van der Waals surface area contributed by atoms with Gasteiger partial charge in [-0.2, -0.15) is 13.2 Å². The molecule has 0 saturated heterocycles. The highest BCUT2D eigenvalue weighted by Crippen LogP contribution is 2.25. The summed E-state index contributed by atoms with van der Waals surface area (Å²) >= 11 is 0. The van der Waals surface area contributed by atoms with Crippen LogP contribution in [-0.2, 0) is 4.79 Å². The van der Waals surface area contributed by atoms with Gasteiger partial charge in [0.2, 0.25) is 0 Å². The lowest BCUT2D eigenvalue weighted by molar-refractivity contribution is -0.174. The van der Waals surface area contributed by atoms with Gasteiger partial charge >= 0.3 is 12.1 Å². The molecule has 15 heavy (non-hydrogen) atoms. The van der Waals surface area contributed by atoms with Gasteiger partial charge in [0.05, 0.1) is 6.61 Å². The SMILES string of the molecule is CCC(CC)(CO)CNC(=O)C(F)(F)F. The van der Waals surface area contributed by atoms with Gasteiger partial charge in [-0.3, -0.25) is 4.79 Å². The molecule has 0 aliphatic carbocycles. The predicted molar refractivity (Wildman–Crippen MR) is 49.2 cm³/mol. The minimum absolute atomic E-state index is 0.158. The van der Waals surface area contributed by atoms with Gasteiger partial charge in [-0.25, -0.2) is 0 Å². The Morgan fingerprint density at radius 3 is 2.00 bits per heavy atom. The van der Waals surface area contributed by atoms with Crippen molar-refractivity contribution in [2.75, 3.05) is 13.2 Å². The molecule has 0 heterocycles. The van der Waals surface area contributed by atoms with Gasteiger partial charge in [-0.1, -0.05) is 13.8 Å². The van der Waals surface area contributed by atoms with Crippen molar-refractivity contribution in [3.05, 3.63) is 0 Å². The van der Waals surface area contributed by atoms with E-state index in [1.165, 1.54) is 0 Å². The maximum Gasteiger partial charge on any atom is 0.471 e.